The van der Waals surface area contributed by atoms with E-state index in [0.717, 1.165) is 10.7 Å². The average molecular weight is 278 g/mol. The summed E-state index contributed by atoms with van der Waals surface area (Å²) >= 11 is 1.59. The molecule has 0 spiro atoms. The van der Waals surface area contributed by atoms with Gasteiger partial charge in [0.05, 0.1) is 0 Å². The fraction of sp³-hybridized carbons (Fsp3) is 0.462. The Hall–Kier alpha value is -0.816. The van der Waals surface area contributed by atoms with E-state index < -0.39 is 16.1 Å². The molecule has 1 nitrogen and oxygen atoms in total. The third-order valence-electron chi connectivity index (χ3n) is 1.61. The number of nitrogens with zero attached hydrogens (tertiary/aromatic N) is 1. The zero-order valence-corrected chi connectivity index (χ0v) is 14.2. The second-order valence-corrected chi connectivity index (χ2v) is 16.4. The minimum absolute atomic E-state index is 0.873. The van der Waals surface area contributed by atoms with Crippen molar-refractivity contribution in [3.8, 4) is 22.9 Å². The van der Waals surface area contributed by atoms with Gasteiger partial charge in [-0.1, -0.05) is 45.2 Å². The first-order chi connectivity index (χ1) is 7.66. The summed E-state index contributed by atoms with van der Waals surface area (Å²) in [6, 6.07) is 0. The van der Waals surface area contributed by atoms with Crippen molar-refractivity contribution in [1.29, 1.82) is 0 Å². The molecular formula is C13H19NSSi2. The zero-order valence-electron chi connectivity index (χ0n) is 11.4. The Kier molecular flexibility index (Phi) is 4.38. The highest BCUT2D eigenvalue weighted by Crippen LogP contribution is 2.08. The van der Waals surface area contributed by atoms with Crippen LogP contribution in [0, 0.1) is 22.9 Å². The lowest BCUT2D eigenvalue weighted by Crippen LogP contribution is -2.16. The van der Waals surface area contributed by atoms with Gasteiger partial charge in [0.25, 0.3) is 0 Å². The van der Waals surface area contributed by atoms with Crippen molar-refractivity contribution in [2.24, 2.45) is 0 Å². The average Bonchev–Trinajstić information content (AvgIpc) is 2.57. The highest BCUT2D eigenvalue weighted by Gasteiger charge is 2.09. The van der Waals surface area contributed by atoms with Gasteiger partial charge in [0.1, 0.15) is 21.8 Å². The Morgan fingerprint density at radius 3 is 2.00 bits per heavy atom. The lowest BCUT2D eigenvalue weighted by Gasteiger charge is -2.02. The largest absolute Gasteiger partial charge is 0.219 e. The van der Waals surface area contributed by atoms with Crippen molar-refractivity contribution in [2.45, 2.75) is 39.3 Å². The maximum Gasteiger partial charge on any atom is 0.167 e. The van der Waals surface area contributed by atoms with Crippen LogP contribution in [0.1, 0.15) is 10.7 Å². The second-order valence-electron chi connectivity index (χ2n) is 6.04. The Balaban J connectivity index is 2.85. The normalized spacial score (nSPS) is 11.2. The molecule has 0 N–H and O–H groups in total. The van der Waals surface area contributed by atoms with Gasteiger partial charge in [0.15, 0.2) is 5.01 Å². The monoisotopic (exact) mass is 277 g/mol. The van der Waals surface area contributed by atoms with E-state index in [1.807, 2.05) is 5.38 Å². The quantitative estimate of drug-likeness (QED) is 0.521. The SMILES string of the molecule is C[Si](C)(C)C#Cc1csc(C#C[Si](C)(C)C)n1. The van der Waals surface area contributed by atoms with Crippen molar-refractivity contribution in [1.82, 2.24) is 4.98 Å². The molecular weight excluding hydrogens is 258 g/mol. The molecule has 1 heterocycles. The van der Waals surface area contributed by atoms with Crippen LogP contribution in [-0.2, 0) is 0 Å². The Morgan fingerprint density at radius 2 is 1.47 bits per heavy atom. The summed E-state index contributed by atoms with van der Waals surface area (Å²) < 4.78 is 0. The highest BCUT2D eigenvalue weighted by molar-refractivity contribution is 7.10. The minimum atomic E-state index is -1.30. The molecule has 0 fully saturated rings. The van der Waals surface area contributed by atoms with Gasteiger partial charge >= 0.3 is 0 Å². The van der Waals surface area contributed by atoms with E-state index in [0.29, 0.717) is 0 Å². The predicted molar refractivity (Wildman–Crippen MR) is 82.6 cm³/mol. The van der Waals surface area contributed by atoms with E-state index in [9.17, 15) is 0 Å². The van der Waals surface area contributed by atoms with Crippen LogP contribution in [0.25, 0.3) is 0 Å². The van der Waals surface area contributed by atoms with Gasteiger partial charge in [-0.05, 0) is 5.92 Å². The van der Waals surface area contributed by atoms with Gasteiger partial charge in [-0.2, -0.15) is 0 Å². The Bertz CT molecular complexity index is 463. The van der Waals surface area contributed by atoms with Gasteiger partial charge in [-0.25, -0.2) is 4.98 Å². The number of hydrogen-bond donors (Lipinski definition) is 0. The van der Waals surface area contributed by atoms with Gasteiger partial charge in [0.2, 0.25) is 0 Å². The van der Waals surface area contributed by atoms with Crippen LogP contribution in [0.4, 0.5) is 0 Å². The fourth-order valence-corrected chi connectivity index (χ4v) is 2.56. The second kappa shape index (κ2) is 5.22. The molecule has 0 bridgehead atoms. The van der Waals surface area contributed by atoms with Gasteiger partial charge < -0.3 is 0 Å². The highest BCUT2D eigenvalue weighted by atomic mass is 32.1. The fourth-order valence-electron chi connectivity index (χ4n) is 0.881. The molecule has 0 atom stereocenters. The maximum atomic E-state index is 4.43. The summed E-state index contributed by atoms with van der Waals surface area (Å²) in [5.41, 5.74) is 7.51. The molecule has 90 valence electrons. The molecule has 4 heteroatoms. The summed E-state index contributed by atoms with van der Waals surface area (Å²) in [5.74, 6) is 6.32. The van der Waals surface area contributed by atoms with Crippen molar-refractivity contribution < 1.29 is 0 Å². The third kappa shape index (κ3) is 6.48. The number of hydrogen-bond acceptors (Lipinski definition) is 2. The standard InChI is InChI=1S/C13H19NSSi2/c1-16(2,3)9-7-12-11-15-13(14-12)8-10-17(4,5)6/h11H,1-6H3. The molecule has 0 aromatic carbocycles. The molecule has 0 aliphatic heterocycles. The summed E-state index contributed by atoms with van der Waals surface area (Å²) in [5, 5.41) is 2.90. The topological polar surface area (TPSA) is 12.9 Å². The van der Waals surface area contributed by atoms with Crippen molar-refractivity contribution in [3.05, 3.63) is 16.1 Å². The smallest absolute Gasteiger partial charge is 0.167 e. The molecule has 1 aromatic rings. The number of thiazole rings is 1. The van der Waals surface area contributed by atoms with Crippen molar-refractivity contribution in [3.63, 3.8) is 0 Å². The van der Waals surface area contributed by atoms with Gasteiger partial charge in [-0.3, -0.25) is 0 Å². The summed E-state index contributed by atoms with van der Waals surface area (Å²) in [6.07, 6.45) is 0. The molecule has 0 aliphatic rings. The van der Waals surface area contributed by atoms with E-state index in [2.05, 4.69) is 67.2 Å². The molecule has 0 aliphatic carbocycles. The molecule has 0 saturated carbocycles. The van der Waals surface area contributed by atoms with E-state index in [4.69, 9.17) is 0 Å². The first-order valence-electron chi connectivity index (χ1n) is 5.68. The third-order valence-corrected chi connectivity index (χ3v) is 4.12. The molecule has 1 aromatic heterocycles. The lowest BCUT2D eigenvalue weighted by atomic mass is 10.5. The molecule has 0 amide bonds. The summed E-state index contributed by atoms with van der Waals surface area (Å²) in [6.45, 7) is 13.4. The van der Waals surface area contributed by atoms with Crippen LogP contribution in [0.5, 0.6) is 0 Å². The van der Waals surface area contributed by atoms with E-state index in [1.165, 1.54) is 0 Å². The first-order valence-corrected chi connectivity index (χ1v) is 13.6. The molecule has 0 saturated heterocycles. The zero-order chi connectivity index (χ0) is 13.1. The predicted octanol–water partition coefficient (Wildman–Crippen LogP) is 3.60. The lowest BCUT2D eigenvalue weighted by molar-refractivity contribution is 1.34. The molecule has 17 heavy (non-hydrogen) atoms. The summed E-state index contributed by atoms with van der Waals surface area (Å²) in [4.78, 5) is 4.43. The molecule has 1 rings (SSSR count). The van der Waals surface area contributed by atoms with E-state index >= 15 is 0 Å². The van der Waals surface area contributed by atoms with Crippen molar-refractivity contribution >= 4 is 27.5 Å². The van der Waals surface area contributed by atoms with Gasteiger partial charge in [0, 0.05) is 5.38 Å². The molecule has 0 unspecified atom stereocenters. The van der Waals surface area contributed by atoms with Crippen LogP contribution in [0.3, 0.4) is 0 Å². The number of aromatic nitrogens is 1. The van der Waals surface area contributed by atoms with Gasteiger partial charge in [-0.15, -0.1) is 22.4 Å². The van der Waals surface area contributed by atoms with Crippen LogP contribution in [0.2, 0.25) is 39.3 Å². The summed E-state index contributed by atoms with van der Waals surface area (Å²) in [7, 11) is -2.61. The maximum absolute atomic E-state index is 4.43. The first kappa shape index (κ1) is 14.2. The van der Waals surface area contributed by atoms with Crippen molar-refractivity contribution in [2.75, 3.05) is 0 Å². The minimum Gasteiger partial charge on any atom is -0.219 e. The van der Waals surface area contributed by atoms with E-state index in [1.54, 1.807) is 11.3 Å². The van der Waals surface area contributed by atoms with E-state index in [-0.39, 0.29) is 0 Å². The number of rotatable bonds is 0. The van der Waals surface area contributed by atoms with Crippen LogP contribution < -0.4 is 0 Å². The molecule has 0 radical (unpaired) electrons. The van der Waals surface area contributed by atoms with Crippen LogP contribution >= 0.6 is 11.3 Å². The van der Waals surface area contributed by atoms with Crippen LogP contribution in [0.15, 0.2) is 5.38 Å². The Labute approximate surface area is 111 Å². The van der Waals surface area contributed by atoms with Crippen LogP contribution in [-0.4, -0.2) is 21.1 Å². The Morgan fingerprint density at radius 1 is 0.941 bits per heavy atom.